The number of imidazole rings is 1. The number of nitrogens with two attached hydrogens (primary N) is 1. The molecule has 1 atom stereocenters. The van der Waals surface area contributed by atoms with Crippen LogP contribution in [0.4, 0.5) is 0 Å². The second-order valence-corrected chi connectivity index (χ2v) is 6.29. The van der Waals surface area contributed by atoms with E-state index in [1.807, 2.05) is 42.7 Å². The average Bonchev–Trinajstić information content (AvgIpc) is 2.87. The highest BCUT2D eigenvalue weighted by atomic mass is 15.0. The average molecular weight is 280 g/mol. The molecule has 3 aromatic heterocycles. The lowest BCUT2D eigenvalue weighted by Gasteiger charge is -2.21. The van der Waals surface area contributed by atoms with Gasteiger partial charge in [-0.1, -0.05) is 32.9 Å². The predicted molar refractivity (Wildman–Crippen MR) is 84.2 cm³/mol. The SMILES string of the molecule is CC(C)(C)c1nc2ccccn2c1C(N)c1cccnc1. The fourth-order valence-corrected chi connectivity index (χ4v) is 2.58. The van der Waals surface area contributed by atoms with Crippen LogP contribution in [0, 0.1) is 0 Å². The Morgan fingerprint density at radius 3 is 2.62 bits per heavy atom. The minimum absolute atomic E-state index is 0.0683. The van der Waals surface area contributed by atoms with Crippen molar-refractivity contribution >= 4 is 5.65 Å². The number of nitrogens with zero attached hydrogens (tertiary/aromatic N) is 3. The van der Waals surface area contributed by atoms with E-state index in [1.165, 1.54) is 0 Å². The molecule has 0 spiro atoms. The molecule has 3 aromatic rings. The van der Waals surface area contributed by atoms with Crippen molar-refractivity contribution < 1.29 is 0 Å². The fourth-order valence-electron chi connectivity index (χ4n) is 2.58. The number of aromatic nitrogens is 3. The largest absolute Gasteiger partial charge is 0.319 e. The molecule has 3 rings (SSSR count). The predicted octanol–water partition coefficient (Wildman–Crippen LogP) is 3.07. The van der Waals surface area contributed by atoms with Gasteiger partial charge < -0.3 is 10.1 Å². The van der Waals surface area contributed by atoms with Crippen LogP contribution in [0.15, 0.2) is 48.9 Å². The van der Waals surface area contributed by atoms with Crippen LogP contribution in [0.3, 0.4) is 0 Å². The molecule has 0 aromatic carbocycles. The Morgan fingerprint density at radius 2 is 1.95 bits per heavy atom. The number of rotatable bonds is 2. The molecule has 0 aliphatic heterocycles. The van der Waals surface area contributed by atoms with E-state index in [2.05, 4.69) is 30.2 Å². The third-order valence-corrected chi connectivity index (χ3v) is 3.62. The van der Waals surface area contributed by atoms with E-state index in [9.17, 15) is 0 Å². The normalized spacial score (nSPS) is 13.5. The van der Waals surface area contributed by atoms with E-state index in [0.717, 1.165) is 22.6 Å². The van der Waals surface area contributed by atoms with E-state index < -0.39 is 0 Å². The third kappa shape index (κ3) is 2.43. The second kappa shape index (κ2) is 4.97. The molecule has 0 fully saturated rings. The molecular weight excluding hydrogens is 260 g/mol. The minimum atomic E-state index is -0.245. The molecule has 108 valence electrons. The number of fused-ring (bicyclic) bond motifs is 1. The summed E-state index contributed by atoms with van der Waals surface area (Å²) in [6, 6.07) is 9.68. The van der Waals surface area contributed by atoms with Crippen LogP contribution < -0.4 is 5.73 Å². The lowest BCUT2D eigenvalue weighted by Crippen LogP contribution is -2.22. The quantitative estimate of drug-likeness (QED) is 0.785. The molecule has 3 heterocycles. The van der Waals surface area contributed by atoms with Gasteiger partial charge in [0.2, 0.25) is 0 Å². The zero-order chi connectivity index (χ0) is 15.0. The van der Waals surface area contributed by atoms with Gasteiger partial charge in [0.25, 0.3) is 0 Å². The first-order valence-corrected chi connectivity index (χ1v) is 7.11. The standard InChI is InChI=1S/C17H20N4/c1-17(2,3)16-15(14(18)12-7-6-9-19-11-12)21-10-5-4-8-13(21)20-16/h4-11,14H,18H2,1-3H3. The van der Waals surface area contributed by atoms with Crippen LogP contribution in [0.2, 0.25) is 0 Å². The maximum atomic E-state index is 6.52. The zero-order valence-corrected chi connectivity index (χ0v) is 12.6. The van der Waals surface area contributed by atoms with Gasteiger partial charge in [-0.2, -0.15) is 0 Å². The van der Waals surface area contributed by atoms with E-state index in [-0.39, 0.29) is 11.5 Å². The summed E-state index contributed by atoms with van der Waals surface area (Å²) in [7, 11) is 0. The first-order chi connectivity index (χ1) is 9.98. The second-order valence-electron chi connectivity index (χ2n) is 6.29. The lowest BCUT2D eigenvalue weighted by atomic mass is 9.88. The summed E-state index contributed by atoms with van der Waals surface area (Å²) in [5, 5.41) is 0. The molecule has 4 heteroatoms. The van der Waals surface area contributed by atoms with Crippen LogP contribution in [0.5, 0.6) is 0 Å². The summed E-state index contributed by atoms with van der Waals surface area (Å²) in [6.07, 6.45) is 5.60. The van der Waals surface area contributed by atoms with Crippen molar-refractivity contribution in [1.82, 2.24) is 14.4 Å². The topological polar surface area (TPSA) is 56.2 Å². The van der Waals surface area contributed by atoms with Gasteiger partial charge in [-0.05, 0) is 23.8 Å². The molecule has 0 radical (unpaired) electrons. The highest BCUT2D eigenvalue weighted by Crippen LogP contribution is 2.31. The molecule has 0 bridgehead atoms. The molecule has 2 N–H and O–H groups in total. The molecule has 4 nitrogen and oxygen atoms in total. The Bertz CT molecular complexity index is 753. The van der Waals surface area contributed by atoms with E-state index in [0.29, 0.717) is 0 Å². The van der Waals surface area contributed by atoms with Gasteiger partial charge in [-0.15, -0.1) is 0 Å². The number of hydrogen-bond acceptors (Lipinski definition) is 3. The maximum absolute atomic E-state index is 6.52. The van der Waals surface area contributed by atoms with Crippen LogP contribution in [0.1, 0.15) is 43.8 Å². The van der Waals surface area contributed by atoms with Gasteiger partial charge in [-0.25, -0.2) is 4.98 Å². The minimum Gasteiger partial charge on any atom is -0.319 e. The van der Waals surface area contributed by atoms with Crippen LogP contribution in [-0.2, 0) is 5.41 Å². The third-order valence-electron chi connectivity index (χ3n) is 3.62. The van der Waals surface area contributed by atoms with Gasteiger partial charge in [-0.3, -0.25) is 4.98 Å². The maximum Gasteiger partial charge on any atom is 0.137 e. The number of pyridine rings is 2. The van der Waals surface area contributed by atoms with Gasteiger partial charge in [0, 0.05) is 24.0 Å². The highest BCUT2D eigenvalue weighted by molar-refractivity contribution is 5.47. The van der Waals surface area contributed by atoms with E-state index in [4.69, 9.17) is 10.7 Å². The van der Waals surface area contributed by atoms with Crippen LogP contribution in [0.25, 0.3) is 5.65 Å². The molecule has 0 saturated heterocycles. The molecule has 0 amide bonds. The molecule has 0 aliphatic rings. The van der Waals surface area contributed by atoms with Crippen molar-refractivity contribution in [3.63, 3.8) is 0 Å². The van der Waals surface area contributed by atoms with Crippen molar-refractivity contribution in [1.29, 1.82) is 0 Å². The van der Waals surface area contributed by atoms with E-state index in [1.54, 1.807) is 6.20 Å². The van der Waals surface area contributed by atoms with Crippen molar-refractivity contribution in [3.05, 3.63) is 65.9 Å². The summed E-state index contributed by atoms with van der Waals surface area (Å²) < 4.78 is 2.08. The van der Waals surface area contributed by atoms with Crippen molar-refractivity contribution in [2.24, 2.45) is 5.73 Å². The summed E-state index contributed by atoms with van der Waals surface area (Å²) in [5.74, 6) is 0. The molecule has 0 saturated carbocycles. The Labute approximate surface area is 124 Å². The van der Waals surface area contributed by atoms with Gasteiger partial charge in [0.05, 0.1) is 17.4 Å². The van der Waals surface area contributed by atoms with Gasteiger partial charge in [0.15, 0.2) is 0 Å². The monoisotopic (exact) mass is 280 g/mol. The Hall–Kier alpha value is -2.20. The number of hydrogen-bond donors (Lipinski definition) is 1. The molecule has 21 heavy (non-hydrogen) atoms. The first kappa shape index (κ1) is 13.8. The van der Waals surface area contributed by atoms with Gasteiger partial charge >= 0.3 is 0 Å². The van der Waals surface area contributed by atoms with Crippen molar-refractivity contribution in [2.75, 3.05) is 0 Å². The molecule has 1 unspecified atom stereocenters. The molecular formula is C17H20N4. The smallest absolute Gasteiger partial charge is 0.137 e. The summed E-state index contributed by atoms with van der Waals surface area (Å²) in [5.41, 5.74) is 10.4. The zero-order valence-electron chi connectivity index (χ0n) is 12.6. The first-order valence-electron chi connectivity index (χ1n) is 7.11. The Kier molecular flexibility index (Phi) is 3.26. The van der Waals surface area contributed by atoms with Crippen LogP contribution >= 0.6 is 0 Å². The van der Waals surface area contributed by atoms with Crippen molar-refractivity contribution in [3.8, 4) is 0 Å². The van der Waals surface area contributed by atoms with Crippen LogP contribution in [-0.4, -0.2) is 14.4 Å². The van der Waals surface area contributed by atoms with Gasteiger partial charge in [0.1, 0.15) is 5.65 Å². The summed E-state index contributed by atoms with van der Waals surface area (Å²) in [4.78, 5) is 8.97. The van der Waals surface area contributed by atoms with Crippen molar-refractivity contribution in [2.45, 2.75) is 32.2 Å². The highest BCUT2D eigenvalue weighted by Gasteiger charge is 2.27. The Balaban J connectivity index is 2.25. The molecule has 0 aliphatic carbocycles. The Morgan fingerprint density at radius 1 is 1.14 bits per heavy atom. The summed E-state index contributed by atoms with van der Waals surface area (Å²) >= 11 is 0. The van der Waals surface area contributed by atoms with E-state index >= 15 is 0 Å². The lowest BCUT2D eigenvalue weighted by molar-refractivity contribution is 0.558. The summed E-state index contributed by atoms with van der Waals surface area (Å²) in [6.45, 7) is 6.48. The fraction of sp³-hybridized carbons (Fsp3) is 0.294.